The van der Waals surface area contributed by atoms with Crippen LogP contribution < -0.4 is 0 Å². The maximum absolute atomic E-state index is 12.0. The molecule has 128 valence electrons. The van der Waals surface area contributed by atoms with E-state index >= 15 is 0 Å². The zero-order chi connectivity index (χ0) is 18.1. The van der Waals surface area contributed by atoms with Crippen molar-refractivity contribution >= 4 is 23.7 Å². The molecule has 0 amide bonds. The third-order valence-corrected chi connectivity index (χ3v) is 2.93. The summed E-state index contributed by atoms with van der Waals surface area (Å²) in [5.74, 6) is -1.32. The van der Waals surface area contributed by atoms with Crippen molar-refractivity contribution in [3.8, 4) is 0 Å². The minimum Gasteiger partial charge on any atom is -0.463 e. The predicted molar refractivity (Wildman–Crippen MR) is 88.1 cm³/mol. The topological polar surface area (TPSA) is 95.7 Å². The lowest BCUT2D eigenvalue weighted by Gasteiger charge is -2.08. The standard InChI is InChI=1S/C17H19NO6/c1-4-23-16(19)11-15(17(20)24-5-2)12(3)9-13-7-6-8-14(10-13)18(21)22/h6-11H,4-5H2,1-3H3/b12-9+,15-11-. The summed E-state index contributed by atoms with van der Waals surface area (Å²) in [5, 5.41) is 10.8. The molecule has 7 heteroatoms. The Balaban J connectivity index is 3.21. The molecule has 24 heavy (non-hydrogen) atoms. The first-order chi connectivity index (χ1) is 11.4. The first-order valence-corrected chi connectivity index (χ1v) is 7.37. The van der Waals surface area contributed by atoms with Crippen LogP contribution in [-0.2, 0) is 19.1 Å². The van der Waals surface area contributed by atoms with Crippen molar-refractivity contribution in [2.75, 3.05) is 13.2 Å². The summed E-state index contributed by atoms with van der Waals surface area (Å²) in [6.45, 7) is 5.25. The molecule has 0 aliphatic heterocycles. The lowest BCUT2D eigenvalue weighted by Crippen LogP contribution is -2.12. The summed E-state index contributed by atoms with van der Waals surface area (Å²) >= 11 is 0. The number of carbonyl (C=O) groups is 2. The van der Waals surface area contributed by atoms with Gasteiger partial charge in [-0.1, -0.05) is 18.2 Å². The van der Waals surface area contributed by atoms with Gasteiger partial charge in [0.15, 0.2) is 0 Å². The fourth-order valence-corrected chi connectivity index (χ4v) is 1.90. The van der Waals surface area contributed by atoms with E-state index in [1.165, 1.54) is 18.2 Å². The van der Waals surface area contributed by atoms with Gasteiger partial charge in [0, 0.05) is 18.2 Å². The molecule has 0 N–H and O–H groups in total. The van der Waals surface area contributed by atoms with Crippen LogP contribution in [-0.4, -0.2) is 30.1 Å². The summed E-state index contributed by atoms with van der Waals surface area (Å²) in [7, 11) is 0. The molecule has 1 aromatic carbocycles. The summed E-state index contributed by atoms with van der Waals surface area (Å²) < 4.78 is 9.75. The number of benzene rings is 1. The molecule has 0 fully saturated rings. The Morgan fingerprint density at radius 3 is 2.46 bits per heavy atom. The molecule has 0 heterocycles. The normalized spacial score (nSPS) is 11.8. The third-order valence-electron chi connectivity index (χ3n) is 2.93. The van der Waals surface area contributed by atoms with Crippen molar-refractivity contribution in [2.45, 2.75) is 20.8 Å². The second-order valence-electron chi connectivity index (χ2n) is 4.71. The lowest BCUT2D eigenvalue weighted by atomic mass is 10.0. The number of hydrogen-bond acceptors (Lipinski definition) is 6. The summed E-state index contributed by atoms with van der Waals surface area (Å²) in [6.07, 6.45) is 2.62. The Kier molecular flexibility index (Phi) is 7.35. The number of ether oxygens (including phenoxy) is 2. The fourth-order valence-electron chi connectivity index (χ4n) is 1.90. The van der Waals surface area contributed by atoms with Crippen molar-refractivity contribution < 1.29 is 24.0 Å². The molecule has 0 spiro atoms. The van der Waals surface area contributed by atoms with E-state index < -0.39 is 16.9 Å². The number of carbonyl (C=O) groups excluding carboxylic acids is 2. The molecule has 1 aromatic rings. The molecule has 1 rings (SSSR count). The summed E-state index contributed by atoms with van der Waals surface area (Å²) in [6, 6.07) is 5.93. The molecule has 0 saturated heterocycles. The largest absolute Gasteiger partial charge is 0.463 e. The zero-order valence-electron chi connectivity index (χ0n) is 13.8. The average molecular weight is 333 g/mol. The molecule has 0 aliphatic rings. The molecule has 0 aliphatic carbocycles. The van der Waals surface area contributed by atoms with E-state index in [4.69, 9.17) is 9.47 Å². The number of nitro groups is 1. The monoisotopic (exact) mass is 333 g/mol. The number of esters is 2. The molecule has 0 saturated carbocycles. The van der Waals surface area contributed by atoms with Gasteiger partial charge in [0.1, 0.15) is 0 Å². The smallest absolute Gasteiger partial charge is 0.338 e. The van der Waals surface area contributed by atoms with Crippen LogP contribution in [0.3, 0.4) is 0 Å². The van der Waals surface area contributed by atoms with Crippen molar-refractivity contribution in [1.82, 2.24) is 0 Å². The van der Waals surface area contributed by atoms with Gasteiger partial charge in [0.05, 0.1) is 23.7 Å². The summed E-state index contributed by atoms with van der Waals surface area (Å²) in [5.41, 5.74) is 0.938. The van der Waals surface area contributed by atoms with Gasteiger partial charge in [-0.3, -0.25) is 10.1 Å². The van der Waals surface area contributed by atoms with Crippen molar-refractivity contribution in [3.05, 3.63) is 57.2 Å². The van der Waals surface area contributed by atoms with Crippen LogP contribution in [0.2, 0.25) is 0 Å². The Morgan fingerprint density at radius 1 is 1.21 bits per heavy atom. The quantitative estimate of drug-likeness (QED) is 0.250. The van der Waals surface area contributed by atoms with Gasteiger partial charge >= 0.3 is 11.9 Å². The highest BCUT2D eigenvalue weighted by molar-refractivity contribution is 6.01. The number of non-ortho nitro benzene ring substituents is 1. The first-order valence-electron chi connectivity index (χ1n) is 7.37. The van der Waals surface area contributed by atoms with Crippen LogP contribution in [0.5, 0.6) is 0 Å². The highest BCUT2D eigenvalue weighted by atomic mass is 16.6. The minimum absolute atomic E-state index is 0.0433. The Bertz CT molecular complexity index is 690. The molecular formula is C17H19NO6. The second-order valence-corrected chi connectivity index (χ2v) is 4.71. The van der Waals surface area contributed by atoms with Crippen molar-refractivity contribution in [2.24, 2.45) is 0 Å². The van der Waals surface area contributed by atoms with Gasteiger partial charge in [0.2, 0.25) is 0 Å². The van der Waals surface area contributed by atoms with Crippen molar-refractivity contribution in [1.29, 1.82) is 0 Å². The number of hydrogen-bond donors (Lipinski definition) is 0. The van der Waals surface area contributed by atoms with Gasteiger partial charge in [-0.05, 0) is 31.9 Å². The van der Waals surface area contributed by atoms with Crippen molar-refractivity contribution in [3.63, 3.8) is 0 Å². The maximum Gasteiger partial charge on any atom is 0.338 e. The minimum atomic E-state index is -0.662. The number of nitro benzene ring substituents is 1. The molecule has 0 unspecified atom stereocenters. The Hall–Kier alpha value is -2.96. The zero-order valence-corrected chi connectivity index (χ0v) is 13.8. The van der Waals surface area contributed by atoms with E-state index in [1.54, 1.807) is 32.9 Å². The van der Waals surface area contributed by atoms with Crippen LogP contribution in [0.15, 0.2) is 41.5 Å². The Morgan fingerprint density at radius 2 is 1.88 bits per heavy atom. The van der Waals surface area contributed by atoms with Gasteiger partial charge < -0.3 is 9.47 Å². The van der Waals surface area contributed by atoms with E-state index in [0.29, 0.717) is 11.1 Å². The van der Waals surface area contributed by atoms with E-state index in [9.17, 15) is 19.7 Å². The fraction of sp³-hybridized carbons (Fsp3) is 0.294. The van der Waals surface area contributed by atoms with E-state index in [1.807, 2.05) is 0 Å². The number of nitrogens with zero attached hydrogens (tertiary/aromatic N) is 1. The average Bonchev–Trinajstić information content (AvgIpc) is 2.53. The van der Waals surface area contributed by atoms with Gasteiger partial charge in [-0.2, -0.15) is 0 Å². The van der Waals surface area contributed by atoms with Crippen LogP contribution in [0.25, 0.3) is 6.08 Å². The van der Waals surface area contributed by atoms with Crippen LogP contribution in [0.4, 0.5) is 5.69 Å². The predicted octanol–water partition coefficient (Wildman–Crippen LogP) is 3.05. The molecule has 0 radical (unpaired) electrons. The molecule has 7 nitrogen and oxygen atoms in total. The number of rotatable bonds is 7. The summed E-state index contributed by atoms with van der Waals surface area (Å²) in [4.78, 5) is 34.0. The van der Waals surface area contributed by atoms with Gasteiger partial charge in [-0.25, -0.2) is 9.59 Å². The molecule has 0 atom stereocenters. The molecule has 0 bridgehead atoms. The SMILES string of the molecule is CCOC(=O)/C=C(C(=O)OCC)/C(C)=C/c1cccc([N+](=O)[O-])c1. The molecular weight excluding hydrogens is 314 g/mol. The highest BCUT2D eigenvalue weighted by Crippen LogP contribution is 2.19. The van der Waals surface area contributed by atoms with Crippen LogP contribution in [0.1, 0.15) is 26.3 Å². The first kappa shape index (κ1) is 19.1. The van der Waals surface area contributed by atoms with E-state index in [2.05, 4.69) is 0 Å². The lowest BCUT2D eigenvalue weighted by molar-refractivity contribution is -0.384. The van der Waals surface area contributed by atoms with Gasteiger partial charge in [-0.15, -0.1) is 0 Å². The highest BCUT2D eigenvalue weighted by Gasteiger charge is 2.16. The molecule has 0 aromatic heterocycles. The Labute approximate surface area is 139 Å². The maximum atomic E-state index is 12.0. The van der Waals surface area contributed by atoms with E-state index in [0.717, 1.165) is 6.08 Å². The second kappa shape index (κ2) is 9.24. The van der Waals surface area contributed by atoms with Crippen LogP contribution >= 0.6 is 0 Å². The van der Waals surface area contributed by atoms with Crippen LogP contribution in [0, 0.1) is 10.1 Å². The van der Waals surface area contributed by atoms with Gasteiger partial charge in [0.25, 0.3) is 5.69 Å². The third kappa shape index (κ3) is 5.68. The van der Waals surface area contributed by atoms with E-state index in [-0.39, 0.29) is 24.5 Å².